The van der Waals surface area contributed by atoms with Crippen LogP contribution in [0.2, 0.25) is 0 Å². The van der Waals surface area contributed by atoms with Crippen molar-refractivity contribution in [2.75, 3.05) is 13.2 Å². The van der Waals surface area contributed by atoms with E-state index in [-0.39, 0.29) is 24.4 Å². The fourth-order valence-electron chi connectivity index (χ4n) is 5.28. The minimum Gasteiger partial charge on any atom is -0.480 e. The van der Waals surface area contributed by atoms with Gasteiger partial charge in [0.25, 0.3) is 5.91 Å². The molecule has 3 aromatic rings. The molecular weight excluding hydrogens is 640 g/mol. The molecule has 0 saturated carbocycles. The number of hydrogen-bond donors (Lipinski definition) is 4. The standard InChI is InChI=1S/C38H50N4O8/c1-2-3-4-5-6-7-8-9-10-11-18-23-34(44)49-27-32(38(47)48)40-33(43)25-39-35(45)30(24-28-19-14-12-15-20-28)41-36(46)31-26-50-37(42-31)29-21-16-13-17-22-29/h12-17,19-22,26,30,32H,2-11,18,23-25,27H2,1H3,(H,39,45)(H,40,43)(H,41,46)(H,47,48)/t30-,32-/m0/s1. The van der Waals surface area contributed by atoms with Crippen molar-refractivity contribution in [2.45, 2.75) is 102 Å². The smallest absolute Gasteiger partial charge is 0.329 e. The maximum absolute atomic E-state index is 13.2. The van der Waals surface area contributed by atoms with Gasteiger partial charge in [-0.2, -0.15) is 0 Å². The fraction of sp³-hybridized carbons (Fsp3) is 0.474. The summed E-state index contributed by atoms with van der Waals surface area (Å²) in [6.45, 7) is 1.10. The SMILES string of the molecule is CCCCCCCCCCCCCC(=O)OC[C@H](NC(=O)CNC(=O)[C@H](Cc1ccccc1)NC(=O)c1coc(-c2ccccc2)n1)C(=O)O. The van der Waals surface area contributed by atoms with E-state index in [2.05, 4.69) is 27.9 Å². The minimum atomic E-state index is -1.49. The van der Waals surface area contributed by atoms with Crippen molar-refractivity contribution < 1.29 is 38.2 Å². The Morgan fingerprint density at radius 2 is 1.38 bits per heavy atom. The lowest BCUT2D eigenvalue weighted by Crippen LogP contribution is -2.52. The summed E-state index contributed by atoms with van der Waals surface area (Å²) >= 11 is 0. The van der Waals surface area contributed by atoms with Crippen LogP contribution in [0.5, 0.6) is 0 Å². The van der Waals surface area contributed by atoms with E-state index in [0.717, 1.165) is 24.8 Å². The Morgan fingerprint density at radius 3 is 2.00 bits per heavy atom. The van der Waals surface area contributed by atoms with Crippen molar-refractivity contribution in [3.63, 3.8) is 0 Å². The lowest BCUT2D eigenvalue weighted by molar-refractivity contribution is -0.150. The Labute approximate surface area is 293 Å². The van der Waals surface area contributed by atoms with Gasteiger partial charge in [-0.05, 0) is 24.1 Å². The Morgan fingerprint density at radius 1 is 0.780 bits per heavy atom. The van der Waals surface area contributed by atoms with Crippen LogP contribution >= 0.6 is 0 Å². The molecule has 0 spiro atoms. The number of aromatic nitrogens is 1. The molecule has 0 aliphatic heterocycles. The fourth-order valence-corrected chi connectivity index (χ4v) is 5.28. The van der Waals surface area contributed by atoms with Crippen LogP contribution < -0.4 is 16.0 Å². The second kappa shape index (κ2) is 22.6. The van der Waals surface area contributed by atoms with Crippen LogP contribution in [0.3, 0.4) is 0 Å². The molecule has 4 N–H and O–H groups in total. The number of carbonyl (C=O) groups excluding carboxylic acids is 4. The highest BCUT2D eigenvalue weighted by Crippen LogP contribution is 2.18. The van der Waals surface area contributed by atoms with Gasteiger partial charge in [0, 0.05) is 18.4 Å². The molecule has 270 valence electrons. The second-order valence-electron chi connectivity index (χ2n) is 12.3. The summed E-state index contributed by atoms with van der Waals surface area (Å²) in [5.74, 6) is -3.81. The molecule has 0 aliphatic carbocycles. The topological polar surface area (TPSA) is 177 Å². The van der Waals surface area contributed by atoms with Gasteiger partial charge in [0.05, 0.1) is 6.54 Å². The lowest BCUT2D eigenvalue weighted by Gasteiger charge is -2.19. The number of carboxylic acids is 1. The molecule has 12 nitrogen and oxygen atoms in total. The van der Waals surface area contributed by atoms with Crippen LogP contribution in [0.25, 0.3) is 11.5 Å². The zero-order valence-electron chi connectivity index (χ0n) is 28.9. The summed E-state index contributed by atoms with van der Waals surface area (Å²) in [6, 6.07) is 15.4. The van der Waals surface area contributed by atoms with Gasteiger partial charge >= 0.3 is 11.9 Å². The van der Waals surface area contributed by atoms with E-state index < -0.39 is 54.9 Å². The minimum absolute atomic E-state index is 0.0326. The van der Waals surface area contributed by atoms with Gasteiger partial charge in [0.1, 0.15) is 18.9 Å². The third-order valence-corrected chi connectivity index (χ3v) is 8.11. The number of rotatable bonds is 24. The molecule has 2 aromatic carbocycles. The largest absolute Gasteiger partial charge is 0.480 e. The van der Waals surface area contributed by atoms with Crippen LogP contribution in [0.4, 0.5) is 0 Å². The number of nitrogens with one attached hydrogen (secondary N) is 3. The van der Waals surface area contributed by atoms with E-state index in [4.69, 9.17) is 9.15 Å². The number of oxazole rings is 1. The van der Waals surface area contributed by atoms with E-state index in [0.29, 0.717) is 12.0 Å². The van der Waals surface area contributed by atoms with Crippen molar-refractivity contribution in [2.24, 2.45) is 0 Å². The van der Waals surface area contributed by atoms with E-state index in [1.807, 2.05) is 12.1 Å². The molecule has 3 amide bonds. The molecule has 1 heterocycles. The van der Waals surface area contributed by atoms with Crippen molar-refractivity contribution in [3.05, 3.63) is 78.2 Å². The third-order valence-electron chi connectivity index (χ3n) is 8.11. The molecular formula is C38H50N4O8. The van der Waals surface area contributed by atoms with Crippen molar-refractivity contribution in [1.82, 2.24) is 20.9 Å². The number of benzene rings is 2. The van der Waals surface area contributed by atoms with Crippen molar-refractivity contribution in [1.29, 1.82) is 0 Å². The number of hydrogen-bond acceptors (Lipinski definition) is 8. The van der Waals surface area contributed by atoms with Crippen LogP contribution in [0.15, 0.2) is 71.3 Å². The average Bonchev–Trinajstić information content (AvgIpc) is 3.62. The van der Waals surface area contributed by atoms with E-state index in [1.54, 1.807) is 48.5 Å². The van der Waals surface area contributed by atoms with Crippen LogP contribution in [-0.2, 0) is 30.3 Å². The van der Waals surface area contributed by atoms with Crippen molar-refractivity contribution in [3.8, 4) is 11.5 Å². The second-order valence-corrected chi connectivity index (χ2v) is 12.3. The first-order valence-corrected chi connectivity index (χ1v) is 17.6. The highest BCUT2D eigenvalue weighted by molar-refractivity contribution is 5.97. The number of carbonyl (C=O) groups is 5. The number of nitrogens with zero attached hydrogens (tertiary/aromatic N) is 1. The van der Waals surface area contributed by atoms with E-state index in [9.17, 15) is 29.1 Å². The Balaban J connectivity index is 1.42. The molecule has 50 heavy (non-hydrogen) atoms. The van der Waals surface area contributed by atoms with Crippen LogP contribution in [0.1, 0.15) is 100 Å². The molecule has 0 unspecified atom stereocenters. The van der Waals surface area contributed by atoms with Crippen LogP contribution in [0, 0.1) is 0 Å². The summed E-state index contributed by atoms with van der Waals surface area (Å²) in [6.07, 6.45) is 14.0. The van der Waals surface area contributed by atoms with E-state index in [1.165, 1.54) is 51.2 Å². The van der Waals surface area contributed by atoms with Crippen LogP contribution in [-0.4, -0.2) is 65.0 Å². The first-order valence-electron chi connectivity index (χ1n) is 17.6. The summed E-state index contributed by atoms with van der Waals surface area (Å²) in [4.78, 5) is 67.0. The quantitative estimate of drug-likeness (QED) is 0.0687. The number of aliphatic carboxylic acids is 1. The zero-order chi connectivity index (χ0) is 36.0. The molecule has 12 heteroatoms. The number of unbranched alkanes of at least 4 members (excludes halogenated alkanes) is 10. The van der Waals surface area contributed by atoms with Gasteiger partial charge in [-0.25, -0.2) is 9.78 Å². The number of esters is 1. The summed E-state index contributed by atoms with van der Waals surface area (Å²) in [5, 5.41) is 16.9. The maximum atomic E-state index is 13.2. The van der Waals surface area contributed by atoms with Gasteiger partial charge in [-0.3, -0.25) is 19.2 Å². The zero-order valence-corrected chi connectivity index (χ0v) is 28.9. The first kappa shape index (κ1) is 39.4. The average molecular weight is 691 g/mol. The maximum Gasteiger partial charge on any atom is 0.329 e. The predicted molar refractivity (Wildman–Crippen MR) is 188 cm³/mol. The highest BCUT2D eigenvalue weighted by atomic mass is 16.5. The molecule has 0 fully saturated rings. The number of amides is 3. The summed E-state index contributed by atoms with van der Waals surface area (Å²) in [5.41, 5.74) is 1.40. The molecule has 0 saturated heterocycles. The number of carboxylic acid groups (broad SMARTS) is 1. The highest BCUT2D eigenvalue weighted by Gasteiger charge is 2.26. The monoisotopic (exact) mass is 690 g/mol. The summed E-state index contributed by atoms with van der Waals surface area (Å²) < 4.78 is 10.6. The molecule has 2 atom stereocenters. The number of ether oxygens (including phenoxy) is 1. The summed E-state index contributed by atoms with van der Waals surface area (Å²) in [7, 11) is 0. The molecule has 0 aliphatic rings. The third kappa shape index (κ3) is 15.0. The van der Waals surface area contributed by atoms with Gasteiger partial charge in [-0.1, -0.05) is 120 Å². The lowest BCUT2D eigenvalue weighted by atomic mass is 10.0. The van der Waals surface area contributed by atoms with Gasteiger partial charge in [-0.15, -0.1) is 0 Å². The van der Waals surface area contributed by atoms with Gasteiger partial charge < -0.3 is 30.2 Å². The first-order chi connectivity index (χ1) is 24.3. The molecule has 1 aromatic heterocycles. The van der Waals surface area contributed by atoms with E-state index >= 15 is 0 Å². The Kier molecular flexibility index (Phi) is 17.8. The molecule has 0 radical (unpaired) electrons. The predicted octanol–water partition coefficient (Wildman–Crippen LogP) is 5.61. The molecule has 3 rings (SSSR count). The van der Waals surface area contributed by atoms with Gasteiger partial charge in [0.15, 0.2) is 11.7 Å². The molecule has 0 bridgehead atoms. The Bertz CT molecular complexity index is 1480. The normalized spacial score (nSPS) is 12.0. The Hall–Kier alpha value is -5.00. The van der Waals surface area contributed by atoms with Gasteiger partial charge in [0.2, 0.25) is 17.7 Å². The van der Waals surface area contributed by atoms with Crippen molar-refractivity contribution >= 4 is 29.7 Å².